The molecule has 1 rings (SSSR count). The zero-order valence-corrected chi connectivity index (χ0v) is 18.7. The highest BCUT2D eigenvalue weighted by atomic mass is 28.4. The van der Waals surface area contributed by atoms with E-state index in [1.54, 1.807) is 7.11 Å². The minimum atomic E-state index is -1.73. The Morgan fingerprint density at radius 3 is 2.36 bits per heavy atom. The average Bonchev–Trinajstić information content (AvgIpc) is 2.56. The summed E-state index contributed by atoms with van der Waals surface area (Å²) >= 11 is 0. The van der Waals surface area contributed by atoms with Gasteiger partial charge < -0.3 is 9.16 Å². The van der Waals surface area contributed by atoms with Gasteiger partial charge in [-0.15, -0.1) is 0 Å². The van der Waals surface area contributed by atoms with E-state index < -0.39 is 8.32 Å². The Balaban J connectivity index is 2.91. The molecule has 0 saturated heterocycles. The molecular weight excluding hydrogens is 324 g/mol. The summed E-state index contributed by atoms with van der Waals surface area (Å²) in [6.07, 6.45) is 7.09. The van der Waals surface area contributed by atoms with E-state index in [0.717, 1.165) is 12.2 Å². The smallest absolute Gasteiger partial charge is 0.192 e. The van der Waals surface area contributed by atoms with E-state index in [1.807, 2.05) is 0 Å². The first kappa shape index (κ1) is 22.0. The first-order valence-corrected chi connectivity index (χ1v) is 12.5. The molecule has 0 unspecified atom stereocenters. The van der Waals surface area contributed by atoms with Gasteiger partial charge in [-0.3, -0.25) is 0 Å². The number of rotatable bonds is 9. The van der Waals surface area contributed by atoms with Crippen molar-refractivity contribution in [2.45, 2.75) is 85.0 Å². The van der Waals surface area contributed by atoms with Crippen molar-refractivity contribution in [3.8, 4) is 5.75 Å². The monoisotopic (exact) mass is 362 g/mol. The van der Waals surface area contributed by atoms with Crippen molar-refractivity contribution in [2.24, 2.45) is 0 Å². The first-order chi connectivity index (χ1) is 11.7. The number of hydrogen-bond acceptors (Lipinski definition) is 2. The molecule has 0 atom stereocenters. The molecule has 0 aromatic heterocycles. The standard InChI is InChI=1S/C22H38O2Si/c1-9-11-12-13-19(10-2)20-15-14-18(16-21(20)23-6)17-24-25(7,8)22(3,4)5/h10,14-16H,9,11-13,17H2,1-8H3. The second-order valence-corrected chi connectivity index (χ2v) is 13.2. The maximum absolute atomic E-state index is 6.35. The third-order valence-electron chi connectivity index (χ3n) is 5.42. The lowest BCUT2D eigenvalue weighted by Crippen LogP contribution is -2.40. The molecule has 0 fully saturated rings. The first-order valence-electron chi connectivity index (χ1n) is 9.62. The molecule has 0 N–H and O–H groups in total. The van der Waals surface area contributed by atoms with Crippen LogP contribution in [0.5, 0.6) is 5.75 Å². The van der Waals surface area contributed by atoms with Crippen molar-refractivity contribution in [1.29, 1.82) is 0 Å². The largest absolute Gasteiger partial charge is 0.496 e. The van der Waals surface area contributed by atoms with Gasteiger partial charge in [-0.2, -0.15) is 0 Å². The molecule has 0 heterocycles. The van der Waals surface area contributed by atoms with Crippen LogP contribution in [0.1, 0.15) is 71.4 Å². The Morgan fingerprint density at radius 2 is 1.84 bits per heavy atom. The van der Waals surface area contributed by atoms with Crippen LogP contribution in [-0.4, -0.2) is 15.4 Å². The van der Waals surface area contributed by atoms with Gasteiger partial charge in [0.2, 0.25) is 0 Å². The topological polar surface area (TPSA) is 18.5 Å². The number of ether oxygens (including phenoxy) is 1. The number of methoxy groups -OCH3 is 1. The van der Waals surface area contributed by atoms with Crippen LogP contribution in [0.3, 0.4) is 0 Å². The molecule has 142 valence electrons. The van der Waals surface area contributed by atoms with Crippen LogP contribution in [0.2, 0.25) is 18.1 Å². The average molecular weight is 363 g/mol. The zero-order valence-electron chi connectivity index (χ0n) is 17.7. The second kappa shape index (κ2) is 9.58. The van der Waals surface area contributed by atoms with Crippen molar-refractivity contribution in [1.82, 2.24) is 0 Å². The number of benzene rings is 1. The van der Waals surface area contributed by atoms with Crippen LogP contribution in [0.4, 0.5) is 0 Å². The summed E-state index contributed by atoms with van der Waals surface area (Å²) in [4.78, 5) is 0. The maximum atomic E-state index is 6.35. The van der Waals surface area contributed by atoms with Gasteiger partial charge in [0.25, 0.3) is 0 Å². The van der Waals surface area contributed by atoms with Crippen molar-refractivity contribution < 1.29 is 9.16 Å². The summed E-state index contributed by atoms with van der Waals surface area (Å²) in [7, 11) is 0.0289. The molecular formula is C22H38O2Si. The fourth-order valence-electron chi connectivity index (χ4n) is 2.57. The van der Waals surface area contributed by atoms with E-state index in [0.29, 0.717) is 6.61 Å². The minimum absolute atomic E-state index is 0.231. The normalized spacial score (nSPS) is 13.2. The molecule has 0 radical (unpaired) electrons. The maximum Gasteiger partial charge on any atom is 0.192 e. The van der Waals surface area contributed by atoms with E-state index in [1.165, 1.54) is 36.0 Å². The molecule has 0 aliphatic carbocycles. The highest BCUT2D eigenvalue weighted by Crippen LogP contribution is 2.37. The Morgan fingerprint density at radius 1 is 1.16 bits per heavy atom. The predicted octanol–water partition coefficient (Wildman–Crippen LogP) is 7.20. The van der Waals surface area contributed by atoms with Crippen LogP contribution in [-0.2, 0) is 11.0 Å². The van der Waals surface area contributed by atoms with Gasteiger partial charge in [-0.1, -0.05) is 58.7 Å². The number of allylic oxidation sites excluding steroid dienone is 2. The molecule has 2 nitrogen and oxygen atoms in total. The lowest BCUT2D eigenvalue weighted by Gasteiger charge is -2.36. The van der Waals surface area contributed by atoms with Gasteiger partial charge in [0.1, 0.15) is 5.75 Å². The van der Waals surface area contributed by atoms with E-state index in [2.05, 4.69) is 72.0 Å². The van der Waals surface area contributed by atoms with E-state index >= 15 is 0 Å². The highest BCUT2D eigenvalue weighted by molar-refractivity contribution is 6.74. The van der Waals surface area contributed by atoms with Crippen LogP contribution >= 0.6 is 0 Å². The molecule has 1 aromatic carbocycles. The van der Waals surface area contributed by atoms with Gasteiger partial charge in [0.05, 0.1) is 13.7 Å². The Hall–Kier alpha value is -1.06. The van der Waals surface area contributed by atoms with Crippen LogP contribution < -0.4 is 4.74 Å². The molecule has 0 spiro atoms. The fourth-order valence-corrected chi connectivity index (χ4v) is 3.53. The summed E-state index contributed by atoms with van der Waals surface area (Å²) in [6.45, 7) is 16.4. The molecule has 0 aliphatic heterocycles. The van der Waals surface area contributed by atoms with Gasteiger partial charge >= 0.3 is 0 Å². The van der Waals surface area contributed by atoms with E-state index in [4.69, 9.17) is 9.16 Å². The van der Waals surface area contributed by atoms with E-state index in [-0.39, 0.29) is 5.04 Å². The quantitative estimate of drug-likeness (QED) is 0.341. The molecule has 0 bridgehead atoms. The lowest BCUT2D eigenvalue weighted by molar-refractivity contribution is 0.275. The highest BCUT2D eigenvalue weighted by Gasteiger charge is 2.37. The van der Waals surface area contributed by atoms with Crippen LogP contribution in [0, 0.1) is 0 Å². The molecule has 1 aromatic rings. The molecule has 25 heavy (non-hydrogen) atoms. The molecule has 0 saturated carbocycles. The molecule has 0 aliphatic rings. The van der Waals surface area contributed by atoms with Crippen molar-refractivity contribution in [2.75, 3.05) is 7.11 Å². The third kappa shape index (κ3) is 6.30. The number of hydrogen-bond donors (Lipinski definition) is 0. The number of unbranched alkanes of at least 4 members (excludes halogenated alkanes) is 2. The van der Waals surface area contributed by atoms with Crippen molar-refractivity contribution in [3.05, 3.63) is 35.4 Å². The SMILES string of the molecule is CC=C(CCCCC)c1ccc(CO[Si](C)(C)C(C)(C)C)cc1OC. The van der Waals surface area contributed by atoms with E-state index in [9.17, 15) is 0 Å². The van der Waals surface area contributed by atoms with Crippen molar-refractivity contribution in [3.63, 3.8) is 0 Å². The zero-order chi connectivity index (χ0) is 19.1. The molecule has 3 heteroatoms. The van der Waals surface area contributed by atoms with Gasteiger partial charge in [-0.05, 0) is 55.1 Å². The van der Waals surface area contributed by atoms with Gasteiger partial charge in [-0.25, -0.2) is 0 Å². The summed E-state index contributed by atoms with van der Waals surface area (Å²) in [5.41, 5.74) is 3.79. The Bertz CT molecular complexity index is 568. The Kier molecular flexibility index (Phi) is 8.43. The Labute approximate surface area is 156 Å². The summed E-state index contributed by atoms with van der Waals surface area (Å²) in [5.74, 6) is 0.959. The second-order valence-electron chi connectivity index (χ2n) is 8.35. The third-order valence-corrected chi connectivity index (χ3v) is 9.89. The fraction of sp³-hybridized carbons (Fsp3) is 0.636. The minimum Gasteiger partial charge on any atom is -0.496 e. The van der Waals surface area contributed by atoms with Crippen molar-refractivity contribution >= 4 is 13.9 Å². The van der Waals surface area contributed by atoms with Gasteiger partial charge in [0, 0.05) is 5.56 Å². The lowest BCUT2D eigenvalue weighted by atomic mass is 9.97. The van der Waals surface area contributed by atoms with Crippen LogP contribution in [0.25, 0.3) is 5.57 Å². The predicted molar refractivity (Wildman–Crippen MR) is 113 cm³/mol. The van der Waals surface area contributed by atoms with Gasteiger partial charge in [0.15, 0.2) is 8.32 Å². The summed E-state index contributed by atoms with van der Waals surface area (Å²) in [6, 6.07) is 6.53. The van der Waals surface area contributed by atoms with Crippen LogP contribution in [0.15, 0.2) is 24.3 Å². The molecule has 0 amide bonds. The summed E-state index contributed by atoms with van der Waals surface area (Å²) in [5, 5.41) is 0.231. The summed E-state index contributed by atoms with van der Waals surface area (Å²) < 4.78 is 12.0.